The van der Waals surface area contributed by atoms with E-state index in [1.54, 1.807) is 23.1 Å². The van der Waals surface area contributed by atoms with E-state index in [4.69, 9.17) is 4.74 Å². The molecule has 2 aromatic heterocycles. The van der Waals surface area contributed by atoms with E-state index in [0.29, 0.717) is 29.9 Å². The van der Waals surface area contributed by atoms with E-state index in [9.17, 15) is 18.0 Å². The number of rotatable bonds is 4. The van der Waals surface area contributed by atoms with Crippen LogP contribution in [0.3, 0.4) is 0 Å². The minimum absolute atomic E-state index is 0.00872. The second-order valence-electron chi connectivity index (χ2n) is 7.11. The van der Waals surface area contributed by atoms with Gasteiger partial charge in [0.1, 0.15) is 11.4 Å². The predicted molar refractivity (Wildman–Crippen MR) is 102 cm³/mol. The van der Waals surface area contributed by atoms with E-state index in [1.807, 2.05) is 18.2 Å². The standard InChI is InChI=1S/C21H20F3N3O2/c22-21(23,24)19-7-6-16-18(26-19)12-17(25-16)14-8-10-27(11-9-14)20(28)13-29-15-4-2-1-3-5-15/h1-7,12,14,25H,8-11,13H2. The molecule has 1 aliphatic rings. The zero-order chi connectivity index (χ0) is 20.4. The summed E-state index contributed by atoms with van der Waals surface area (Å²) in [5.41, 5.74) is 0.862. The van der Waals surface area contributed by atoms with Gasteiger partial charge in [-0.1, -0.05) is 18.2 Å². The van der Waals surface area contributed by atoms with Crippen molar-refractivity contribution in [1.29, 1.82) is 0 Å². The fourth-order valence-electron chi connectivity index (χ4n) is 3.60. The highest BCUT2D eigenvalue weighted by Crippen LogP contribution is 2.32. The van der Waals surface area contributed by atoms with Gasteiger partial charge in [-0.2, -0.15) is 13.2 Å². The van der Waals surface area contributed by atoms with Gasteiger partial charge in [0.05, 0.1) is 11.0 Å². The molecule has 4 rings (SSSR count). The molecule has 0 radical (unpaired) electrons. The van der Waals surface area contributed by atoms with Crippen molar-refractivity contribution in [3.8, 4) is 5.75 Å². The Morgan fingerprint density at radius 3 is 2.55 bits per heavy atom. The monoisotopic (exact) mass is 403 g/mol. The van der Waals surface area contributed by atoms with Crippen LogP contribution in [-0.4, -0.2) is 40.5 Å². The molecular formula is C21H20F3N3O2. The van der Waals surface area contributed by atoms with Gasteiger partial charge < -0.3 is 14.6 Å². The van der Waals surface area contributed by atoms with Gasteiger partial charge in [0.25, 0.3) is 5.91 Å². The van der Waals surface area contributed by atoms with Crippen molar-refractivity contribution in [3.05, 3.63) is 59.9 Å². The van der Waals surface area contributed by atoms with Crippen LogP contribution < -0.4 is 4.74 Å². The number of amides is 1. The van der Waals surface area contributed by atoms with Gasteiger partial charge in [-0.05, 0) is 43.2 Å². The van der Waals surface area contributed by atoms with Crippen LogP contribution in [0.2, 0.25) is 0 Å². The highest BCUT2D eigenvalue weighted by Gasteiger charge is 2.33. The lowest BCUT2D eigenvalue weighted by Gasteiger charge is -2.31. The summed E-state index contributed by atoms with van der Waals surface area (Å²) in [5, 5.41) is 0. The maximum absolute atomic E-state index is 12.8. The van der Waals surface area contributed by atoms with Crippen molar-refractivity contribution in [2.24, 2.45) is 0 Å². The van der Waals surface area contributed by atoms with Gasteiger partial charge in [-0.25, -0.2) is 4.98 Å². The number of pyridine rings is 1. The number of hydrogen-bond acceptors (Lipinski definition) is 3. The number of likely N-dealkylation sites (tertiary alicyclic amines) is 1. The Hall–Kier alpha value is -3.03. The zero-order valence-corrected chi connectivity index (χ0v) is 15.6. The van der Waals surface area contributed by atoms with E-state index >= 15 is 0 Å². The third-order valence-corrected chi connectivity index (χ3v) is 5.18. The second-order valence-corrected chi connectivity index (χ2v) is 7.11. The van der Waals surface area contributed by atoms with E-state index in [2.05, 4.69) is 9.97 Å². The average molecular weight is 403 g/mol. The SMILES string of the molecule is O=C(COc1ccccc1)N1CCC(c2cc3nc(C(F)(F)F)ccc3[nH]2)CC1. The van der Waals surface area contributed by atoms with Gasteiger partial charge in [-0.3, -0.25) is 4.79 Å². The number of nitrogens with one attached hydrogen (secondary N) is 1. The molecule has 0 aliphatic carbocycles. The zero-order valence-electron chi connectivity index (χ0n) is 15.6. The maximum atomic E-state index is 12.8. The quantitative estimate of drug-likeness (QED) is 0.704. The molecule has 0 atom stereocenters. The van der Waals surface area contributed by atoms with Crippen LogP contribution in [-0.2, 0) is 11.0 Å². The first-order valence-electron chi connectivity index (χ1n) is 9.42. The Kier molecular flexibility index (Phi) is 5.17. The summed E-state index contributed by atoms with van der Waals surface area (Å²) in [5.74, 6) is 0.734. The van der Waals surface area contributed by atoms with Gasteiger partial charge in [-0.15, -0.1) is 0 Å². The largest absolute Gasteiger partial charge is 0.484 e. The molecule has 3 aromatic rings. The Morgan fingerprint density at radius 1 is 1.14 bits per heavy atom. The lowest BCUT2D eigenvalue weighted by Crippen LogP contribution is -2.40. The van der Waals surface area contributed by atoms with Crippen LogP contribution in [0.5, 0.6) is 5.75 Å². The van der Waals surface area contributed by atoms with E-state index in [0.717, 1.165) is 24.6 Å². The van der Waals surface area contributed by atoms with Crippen molar-refractivity contribution >= 4 is 16.9 Å². The van der Waals surface area contributed by atoms with Crippen LogP contribution >= 0.6 is 0 Å². The lowest BCUT2D eigenvalue weighted by molar-refractivity contribution is -0.141. The van der Waals surface area contributed by atoms with Crippen LogP contribution in [0, 0.1) is 0 Å². The number of para-hydroxylation sites is 1. The van der Waals surface area contributed by atoms with E-state index in [1.165, 1.54) is 6.07 Å². The summed E-state index contributed by atoms with van der Waals surface area (Å²) >= 11 is 0. The summed E-state index contributed by atoms with van der Waals surface area (Å²) in [6, 6.07) is 13.2. The topological polar surface area (TPSA) is 58.2 Å². The maximum Gasteiger partial charge on any atom is 0.433 e. The minimum atomic E-state index is -4.46. The number of benzene rings is 1. The molecule has 0 saturated carbocycles. The number of carbonyl (C=O) groups excluding carboxylic acids is 1. The molecule has 1 aliphatic heterocycles. The molecule has 0 bridgehead atoms. The Labute approximate surface area is 165 Å². The highest BCUT2D eigenvalue weighted by atomic mass is 19.4. The van der Waals surface area contributed by atoms with Crippen molar-refractivity contribution in [2.45, 2.75) is 24.9 Å². The molecular weight excluding hydrogens is 383 g/mol. The Bertz CT molecular complexity index is 993. The number of nitrogens with zero attached hydrogens (tertiary/aromatic N) is 2. The molecule has 29 heavy (non-hydrogen) atoms. The molecule has 1 aromatic carbocycles. The first-order valence-corrected chi connectivity index (χ1v) is 9.42. The smallest absolute Gasteiger partial charge is 0.433 e. The van der Waals surface area contributed by atoms with E-state index in [-0.39, 0.29) is 18.4 Å². The van der Waals surface area contributed by atoms with Gasteiger partial charge >= 0.3 is 6.18 Å². The molecule has 1 saturated heterocycles. The molecule has 152 valence electrons. The van der Waals surface area contributed by atoms with E-state index < -0.39 is 11.9 Å². The molecule has 1 fully saturated rings. The molecule has 0 unspecified atom stereocenters. The van der Waals surface area contributed by atoms with Gasteiger partial charge in [0, 0.05) is 24.7 Å². The van der Waals surface area contributed by atoms with Crippen molar-refractivity contribution in [3.63, 3.8) is 0 Å². The van der Waals surface area contributed by atoms with Gasteiger partial charge in [0.15, 0.2) is 6.61 Å². The predicted octanol–water partition coefficient (Wildman–Crippen LogP) is 4.37. The van der Waals surface area contributed by atoms with Crippen molar-refractivity contribution < 1.29 is 22.7 Å². The van der Waals surface area contributed by atoms with Crippen molar-refractivity contribution in [1.82, 2.24) is 14.9 Å². The first-order chi connectivity index (χ1) is 13.9. The number of hydrogen-bond donors (Lipinski definition) is 1. The molecule has 1 amide bonds. The minimum Gasteiger partial charge on any atom is -0.484 e. The number of fused-ring (bicyclic) bond motifs is 1. The molecule has 8 heteroatoms. The fourth-order valence-corrected chi connectivity index (χ4v) is 3.60. The summed E-state index contributed by atoms with van der Waals surface area (Å²) in [7, 11) is 0. The first kappa shape index (κ1) is 19.3. The Balaban J connectivity index is 1.36. The number of alkyl halides is 3. The second kappa shape index (κ2) is 7.77. The average Bonchev–Trinajstić information content (AvgIpc) is 3.16. The molecule has 5 nitrogen and oxygen atoms in total. The highest BCUT2D eigenvalue weighted by molar-refractivity contribution is 5.78. The third kappa shape index (κ3) is 4.36. The number of aromatic amines is 1. The number of piperidine rings is 1. The number of halogens is 3. The number of H-pyrrole nitrogens is 1. The number of aromatic nitrogens is 2. The van der Waals surface area contributed by atoms with Crippen LogP contribution in [0.4, 0.5) is 13.2 Å². The third-order valence-electron chi connectivity index (χ3n) is 5.18. The van der Waals surface area contributed by atoms with Crippen LogP contribution in [0.1, 0.15) is 30.1 Å². The summed E-state index contributed by atoms with van der Waals surface area (Å²) in [6.07, 6.45) is -2.99. The molecule has 0 spiro atoms. The van der Waals surface area contributed by atoms with Crippen LogP contribution in [0.25, 0.3) is 11.0 Å². The fraction of sp³-hybridized carbons (Fsp3) is 0.333. The summed E-state index contributed by atoms with van der Waals surface area (Å²) in [6.45, 7) is 1.15. The normalized spacial score (nSPS) is 15.6. The van der Waals surface area contributed by atoms with Crippen LogP contribution in [0.15, 0.2) is 48.5 Å². The number of carbonyl (C=O) groups is 1. The summed E-state index contributed by atoms with van der Waals surface area (Å²) < 4.78 is 44.1. The molecule has 1 N–H and O–H groups in total. The van der Waals surface area contributed by atoms with Gasteiger partial charge in [0.2, 0.25) is 0 Å². The Morgan fingerprint density at radius 2 is 1.86 bits per heavy atom. The lowest BCUT2D eigenvalue weighted by atomic mass is 9.93. The summed E-state index contributed by atoms with van der Waals surface area (Å²) in [4.78, 5) is 21.0. The van der Waals surface area contributed by atoms with Crippen molar-refractivity contribution in [2.75, 3.05) is 19.7 Å². The number of ether oxygens (including phenoxy) is 1. The molecule has 3 heterocycles.